The Bertz CT molecular complexity index is 950. The number of hydrogen-bond acceptors (Lipinski definition) is 6. The summed E-state index contributed by atoms with van der Waals surface area (Å²) >= 11 is 1.55. The van der Waals surface area contributed by atoms with E-state index in [4.69, 9.17) is 4.74 Å². The highest BCUT2D eigenvalue weighted by Gasteiger charge is 2.16. The molecule has 0 aliphatic rings. The van der Waals surface area contributed by atoms with Crippen LogP contribution in [-0.2, 0) is 16.6 Å². The number of aromatic nitrogens is 3. The van der Waals surface area contributed by atoms with E-state index in [-0.39, 0.29) is 11.4 Å². The van der Waals surface area contributed by atoms with E-state index in [1.54, 1.807) is 34.3 Å². The predicted octanol–water partition coefficient (Wildman–Crippen LogP) is 2.51. The molecule has 0 saturated heterocycles. The minimum Gasteiger partial charge on any atom is -0.494 e. The topological polar surface area (TPSA) is 86.1 Å². The van der Waals surface area contributed by atoms with Crippen molar-refractivity contribution in [1.29, 1.82) is 0 Å². The zero-order valence-corrected chi connectivity index (χ0v) is 15.5. The van der Waals surface area contributed by atoms with Gasteiger partial charge in [-0.15, -0.1) is 5.10 Å². The van der Waals surface area contributed by atoms with Crippen molar-refractivity contribution in [2.24, 2.45) is 0 Å². The van der Waals surface area contributed by atoms with E-state index in [9.17, 15) is 8.42 Å². The number of ether oxygens (including phenoxy) is 1. The summed E-state index contributed by atoms with van der Waals surface area (Å²) in [5.74, 6) is 0.681. The summed E-state index contributed by atoms with van der Waals surface area (Å²) in [6.45, 7) is 4.30. The Labute approximate surface area is 150 Å². The van der Waals surface area contributed by atoms with Crippen molar-refractivity contribution in [1.82, 2.24) is 19.7 Å². The van der Waals surface area contributed by atoms with Gasteiger partial charge < -0.3 is 4.74 Å². The summed E-state index contributed by atoms with van der Waals surface area (Å²) in [4.78, 5) is 0.193. The van der Waals surface area contributed by atoms with Gasteiger partial charge in [0, 0.05) is 5.38 Å². The van der Waals surface area contributed by atoms with Crippen LogP contribution in [0.3, 0.4) is 0 Å². The summed E-state index contributed by atoms with van der Waals surface area (Å²) in [7, 11) is -3.64. The van der Waals surface area contributed by atoms with Gasteiger partial charge in [0.15, 0.2) is 0 Å². The molecule has 132 valence electrons. The monoisotopic (exact) mass is 378 g/mol. The van der Waals surface area contributed by atoms with Crippen LogP contribution in [0.2, 0.25) is 0 Å². The molecule has 0 amide bonds. The molecule has 9 heteroatoms. The van der Waals surface area contributed by atoms with Crippen LogP contribution in [0.5, 0.6) is 5.75 Å². The van der Waals surface area contributed by atoms with E-state index in [0.29, 0.717) is 18.1 Å². The standard InChI is InChI=1S/C16H18N4O3S2/c1-3-23-16-5-4-15(8-12(16)2)25(21,22)17-9-13-10-20(19-18-13)14-6-7-24-11-14/h4-8,10-11,17H,3,9H2,1-2H3. The molecular weight excluding hydrogens is 360 g/mol. The zero-order valence-electron chi connectivity index (χ0n) is 13.8. The molecule has 2 heterocycles. The van der Waals surface area contributed by atoms with Gasteiger partial charge in [-0.05, 0) is 49.1 Å². The SMILES string of the molecule is CCOc1ccc(S(=O)(=O)NCc2cn(-c3ccsc3)nn2)cc1C. The molecule has 0 unspecified atom stereocenters. The van der Waals surface area contributed by atoms with Crippen molar-refractivity contribution < 1.29 is 13.2 Å². The Morgan fingerprint density at radius 2 is 2.16 bits per heavy atom. The van der Waals surface area contributed by atoms with Crippen molar-refractivity contribution in [2.45, 2.75) is 25.3 Å². The second-order valence-corrected chi connectivity index (χ2v) is 7.87. The smallest absolute Gasteiger partial charge is 0.240 e. The van der Waals surface area contributed by atoms with Crippen LogP contribution in [0, 0.1) is 6.92 Å². The summed E-state index contributed by atoms with van der Waals surface area (Å²) in [6, 6.07) is 6.70. The lowest BCUT2D eigenvalue weighted by Gasteiger charge is -2.10. The van der Waals surface area contributed by atoms with Crippen LogP contribution in [0.1, 0.15) is 18.2 Å². The van der Waals surface area contributed by atoms with E-state index in [1.165, 1.54) is 6.07 Å². The molecule has 0 radical (unpaired) electrons. The quantitative estimate of drug-likeness (QED) is 0.683. The van der Waals surface area contributed by atoms with Gasteiger partial charge >= 0.3 is 0 Å². The van der Waals surface area contributed by atoms with Crippen molar-refractivity contribution in [3.63, 3.8) is 0 Å². The first-order valence-electron chi connectivity index (χ1n) is 7.66. The number of sulfonamides is 1. The fourth-order valence-corrected chi connectivity index (χ4v) is 3.96. The number of hydrogen-bond donors (Lipinski definition) is 1. The molecule has 0 bridgehead atoms. The van der Waals surface area contributed by atoms with E-state index >= 15 is 0 Å². The Balaban J connectivity index is 1.71. The maximum Gasteiger partial charge on any atom is 0.240 e. The normalized spacial score (nSPS) is 11.6. The number of aryl methyl sites for hydroxylation is 1. The number of rotatable bonds is 7. The number of nitrogens with zero attached hydrogens (tertiary/aromatic N) is 3. The average Bonchev–Trinajstić information content (AvgIpc) is 3.26. The Morgan fingerprint density at radius 3 is 2.84 bits per heavy atom. The molecule has 7 nitrogen and oxygen atoms in total. The van der Waals surface area contributed by atoms with E-state index in [0.717, 1.165) is 11.3 Å². The summed E-state index contributed by atoms with van der Waals surface area (Å²) in [6.07, 6.45) is 1.70. The van der Waals surface area contributed by atoms with Crippen LogP contribution in [-0.4, -0.2) is 30.0 Å². The molecule has 0 fully saturated rings. The van der Waals surface area contributed by atoms with Crippen molar-refractivity contribution in [3.8, 4) is 11.4 Å². The molecule has 0 aliphatic carbocycles. The van der Waals surface area contributed by atoms with Crippen LogP contribution in [0.15, 0.2) is 46.1 Å². The molecule has 2 aromatic heterocycles. The maximum atomic E-state index is 12.5. The lowest BCUT2D eigenvalue weighted by molar-refractivity contribution is 0.337. The predicted molar refractivity (Wildman–Crippen MR) is 95.6 cm³/mol. The molecule has 3 aromatic rings. The van der Waals surface area contributed by atoms with E-state index in [2.05, 4.69) is 15.0 Å². The number of thiophene rings is 1. The third-order valence-corrected chi connectivity index (χ3v) is 5.58. The molecule has 1 aromatic carbocycles. The summed E-state index contributed by atoms with van der Waals surface area (Å²) in [5, 5.41) is 11.9. The molecule has 1 N–H and O–H groups in total. The molecule has 0 aliphatic heterocycles. The van der Waals surface area contributed by atoms with Crippen LogP contribution in [0.25, 0.3) is 5.69 Å². The van der Waals surface area contributed by atoms with Crippen LogP contribution < -0.4 is 9.46 Å². The van der Waals surface area contributed by atoms with E-state index < -0.39 is 10.0 Å². The minimum atomic E-state index is -3.64. The van der Waals surface area contributed by atoms with Crippen LogP contribution >= 0.6 is 11.3 Å². The zero-order chi connectivity index (χ0) is 17.9. The molecule has 0 saturated carbocycles. The lowest BCUT2D eigenvalue weighted by atomic mass is 10.2. The average molecular weight is 378 g/mol. The number of nitrogens with one attached hydrogen (secondary N) is 1. The van der Waals surface area contributed by atoms with Gasteiger partial charge in [0.2, 0.25) is 10.0 Å². The van der Waals surface area contributed by atoms with Gasteiger partial charge in [-0.1, -0.05) is 5.21 Å². The highest BCUT2D eigenvalue weighted by molar-refractivity contribution is 7.89. The highest BCUT2D eigenvalue weighted by Crippen LogP contribution is 2.22. The van der Waals surface area contributed by atoms with E-state index in [1.807, 2.05) is 30.7 Å². The summed E-state index contributed by atoms with van der Waals surface area (Å²) < 4.78 is 34.5. The second kappa shape index (κ2) is 7.34. The highest BCUT2D eigenvalue weighted by atomic mass is 32.2. The second-order valence-electron chi connectivity index (χ2n) is 5.32. The van der Waals surface area contributed by atoms with Gasteiger partial charge in [0.05, 0.1) is 35.6 Å². The largest absolute Gasteiger partial charge is 0.494 e. The molecule has 0 spiro atoms. The van der Waals surface area contributed by atoms with Gasteiger partial charge in [-0.25, -0.2) is 17.8 Å². The Hall–Kier alpha value is -2.23. The van der Waals surface area contributed by atoms with Crippen molar-refractivity contribution in [3.05, 3.63) is 52.5 Å². The van der Waals surface area contributed by atoms with Gasteiger partial charge in [0.1, 0.15) is 5.75 Å². The van der Waals surface area contributed by atoms with Crippen LogP contribution in [0.4, 0.5) is 0 Å². The lowest BCUT2D eigenvalue weighted by Crippen LogP contribution is -2.23. The van der Waals surface area contributed by atoms with Crippen molar-refractivity contribution >= 4 is 21.4 Å². The Kier molecular flexibility index (Phi) is 5.16. The van der Waals surface area contributed by atoms with Gasteiger partial charge in [0.25, 0.3) is 0 Å². The first-order valence-corrected chi connectivity index (χ1v) is 10.1. The molecule has 3 rings (SSSR count). The Morgan fingerprint density at radius 1 is 1.32 bits per heavy atom. The van der Waals surface area contributed by atoms with Gasteiger partial charge in [-0.3, -0.25) is 0 Å². The van der Waals surface area contributed by atoms with Crippen molar-refractivity contribution in [2.75, 3.05) is 6.61 Å². The fourth-order valence-electron chi connectivity index (χ4n) is 2.25. The maximum absolute atomic E-state index is 12.5. The third kappa shape index (κ3) is 4.06. The number of benzene rings is 1. The molecular formula is C16H18N4O3S2. The third-order valence-electron chi connectivity index (χ3n) is 3.51. The first kappa shape index (κ1) is 17.6. The summed E-state index contributed by atoms with van der Waals surface area (Å²) in [5.41, 5.74) is 2.21. The first-order chi connectivity index (χ1) is 12.0. The van der Waals surface area contributed by atoms with Gasteiger partial charge in [-0.2, -0.15) is 11.3 Å². The molecule has 0 atom stereocenters. The minimum absolute atomic E-state index is 0.0682. The molecule has 25 heavy (non-hydrogen) atoms. The fraction of sp³-hybridized carbons (Fsp3) is 0.250.